The first kappa shape index (κ1) is 13.1. The standard InChI is InChI=1S/C16H16O3/c1-19-15-9-5-8-13(17)16(15)14(18)11-10-12-6-3-2-4-7-12/h2-9,17H,10-11H2,1H3. The third-order valence-electron chi connectivity index (χ3n) is 2.99. The fourth-order valence-electron chi connectivity index (χ4n) is 2.00. The molecule has 0 fully saturated rings. The van der Waals surface area contributed by atoms with E-state index in [1.807, 2.05) is 30.3 Å². The van der Waals surface area contributed by atoms with Gasteiger partial charge >= 0.3 is 0 Å². The average molecular weight is 256 g/mol. The maximum atomic E-state index is 12.2. The zero-order chi connectivity index (χ0) is 13.7. The van der Waals surface area contributed by atoms with Crippen LogP contribution in [-0.4, -0.2) is 18.0 Å². The van der Waals surface area contributed by atoms with Crippen molar-refractivity contribution in [2.24, 2.45) is 0 Å². The van der Waals surface area contributed by atoms with E-state index in [4.69, 9.17) is 4.74 Å². The molecule has 2 rings (SSSR count). The summed E-state index contributed by atoms with van der Waals surface area (Å²) < 4.78 is 5.12. The van der Waals surface area contributed by atoms with Crippen molar-refractivity contribution in [1.29, 1.82) is 0 Å². The van der Waals surface area contributed by atoms with Crippen LogP contribution in [0, 0.1) is 0 Å². The SMILES string of the molecule is COc1cccc(O)c1C(=O)CCc1ccccc1. The molecule has 0 amide bonds. The first-order valence-corrected chi connectivity index (χ1v) is 6.15. The van der Waals surface area contributed by atoms with Crippen molar-refractivity contribution in [1.82, 2.24) is 0 Å². The minimum atomic E-state index is -0.112. The lowest BCUT2D eigenvalue weighted by molar-refractivity contribution is 0.0977. The molecule has 0 aliphatic heterocycles. The maximum absolute atomic E-state index is 12.2. The van der Waals surface area contributed by atoms with Gasteiger partial charge in [-0.2, -0.15) is 0 Å². The van der Waals surface area contributed by atoms with E-state index in [1.165, 1.54) is 13.2 Å². The van der Waals surface area contributed by atoms with E-state index in [0.717, 1.165) is 5.56 Å². The summed E-state index contributed by atoms with van der Waals surface area (Å²) in [5.74, 6) is 0.272. The lowest BCUT2D eigenvalue weighted by Crippen LogP contribution is -2.04. The molecular weight excluding hydrogens is 240 g/mol. The zero-order valence-electron chi connectivity index (χ0n) is 10.8. The summed E-state index contributed by atoms with van der Waals surface area (Å²) in [5.41, 5.74) is 1.37. The van der Waals surface area contributed by atoms with Gasteiger partial charge in [-0.05, 0) is 24.1 Å². The molecule has 19 heavy (non-hydrogen) atoms. The topological polar surface area (TPSA) is 46.5 Å². The van der Waals surface area contributed by atoms with Crippen molar-refractivity contribution in [2.75, 3.05) is 7.11 Å². The highest BCUT2D eigenvalue weighted by atomic mass is 16.5. The number of rotatable bonds is 5. The summed E-state index contributed by atoms with van der Waals surface area (Å²) >= 11 is 0. The van der Waals surface area contributed by atoms with Gasteiger partial charge in [-0.25, -0.2) is 0 Å². The van der Waals surface area contributed by atoms with Crippen LogP contribution >= 0.6 is 0 Å². The number of hydrogen-bond donors (Lipinski definition) is 1. The predicted octanol–water partition coefficient (Wildman–Crippen LogP) is 3.22. The van der Waals surface area contributed by atoms with Gasteiger partial charge in [-0.1, -0.05) is 36.4 Å². The summed E-state index contributed by atoms with van der Waals surface area (Å²) in [7, 11) is 1.49. The largest absolute Gasteiger partial charge is 0.507 e. The third-order valence-corrected chi connectivity index (χ3v) is 2.99. The highest BCUT2D eigenvalue weighted by Gasteiger charge is 2.16. The molecule has 0 aromatic heterocycles. The van der Waals surface area contributed by atoms with E-state index in [2.05, 4.69) is 0 Å². The Bertz CT molecular complexity index is 561. The molecule has 1 N–H and O–H groups in total. The molecule has 98 valence electrons. The first-order valence-electron chi connectivity index (χ1n) is 6.15. The normalized spacial score (nSPS) is 10.2. The van der Waals surface area contributed by atoms with Gasteiger partial charge in [0.1, 0.15) is 17.1 Å². The second-order valence-electron chi connectivity index (χ2n) is 4.26. The van der Waals surface area contributed by atoms with Gasteiger partial charge in [0.05, 0.1) is 7.11 Å². The monoisotopic (exact) mass is 256 g/mol. The lowest BCUT2D eigenvalue weighted by Gasteiger charge is -2.09. The van der Waals surface area contributed by atoms with E-state index in [-0.39, 0.29) is 17.1 Å². The highest BCUT2D eigenvalue weighted by molar-refractivity contribution is 6.01. The van der Waals surface area contributed by atoms with Gasteiger partial charge in [0, 0.05) is 6.42 Å². The molecule has 0 unspecified atom stereocenters. The molecule has 0 bridgehead atoms. The molecular formula is C16H16O3. The lowest BCUT2D eigenvalue weighted by atomic mass is 10.0. The summed E-state index contributed by atoms with van der Waals surface area (Å²) in [6.45, 7) is 0. The number of aromatic hydroxyl groups is 1. The Morgan fingerprint density at radius 3 is 2.53 bits per heavy atom. The van der Waals surface area contributed by atoms with Gasteiger partial charge in [0.25, 0.3) is 0 Å². The van der Waals surface area contributed by atoms with E-state index in [0.29, 0.717) is 18.6 Å². The molecule has 2 aromatic carbocycles. The summed E-state index contributed by atoms with van der Waals surface area (Å²) in [6, 6.07) is 14.6. The Labute approximate surface area is 112 Å². The second kappa shape index (κ2) is 6.05. The number of hydrogen-bond acceptors (Lipinski definition) is 3. The van der Waals surface area contributed by atoms with Gasteiger partial charge < -0.3 is 9.84 Å². The quantitative estimate of drug-likeness (QED) is 0.835. The predicted molar refractivity (Wildman–Crippen MR) is 73.8 cm³/mol. The number of ether oxygens (including phenoxy) is 1. The number of phenolic OH excluding ortho intramolecular Hbond substituents is 1. The van der Waals surface area contributed by atoms with Gasteiger partial charge in [-0.3, -0.25) is 4.79 Å². The Hall–Kier alpha value is -2.29. The van der Waals surface area contributed by atoms with Crippen LogP contribution in [0.5, 0.6) is 11.5 Å². The van der Waals surface area contributed by atoms with Crippen LogP contribution in [0.1, 0.15) is 22.3 Å². The number of ketones is 1. The molecule has 0 atom stereocenters. The minimum absolute atomic E-state index is 0.0302. The Morgan fingerprint density at radius 2 is 1.84 bits per heavy atom. The Morgan fingerprint density at radius 1 is 1.11 bits per heavy atom. The van der Waals surface area contributed by atoms with E-state index < -0.39 is 0 Å². The van der Waals surface area contributed by atoms with Gasteiger partial charge in [-0.15, -0.1) is 0 Å². The average Bonchev–Trinajstić information content (AvgIpc) is 2.45. The number of methoxy groups -OCH3 is 1. The molecule has 0 aliphatic carbocycles. The number of Topliss-reactive ketones (excluding diaryl/α,β-unsaturated/α-hetero) is 1. The molecule has 3 nitrogen and oxygen atoms in total. The molecule has 0 aliphatic rings. The van der Waals surface area contributed by atoms with Crippen LogP contribution in [0.25, 0.3) is 0 Å². The molecule has 0 spiro atoms. The summed E-state index contributed by atoms with van der Waals surface area (Å²) in [6.07, 6.45) is 0.995. The van der Waals surface area contributed by atoms with Crippen molar-refractivity contribution in [3.8, 4) is 11.5 Å². The third kappa shape index (κ3) is 3.13. The van der Waals surface area contributed by atoms with Crippen LogP contribution < -0.4 is 4.74 Å². The molecule has 3 heteroatoms. The Balaban J connectivity index is 2.12. The van der Waals surface area contributed by atoms with E-state index >= 15 is 0 Å². The molecule has 0 radical (unpaired) electrons. The zero-order valence-corrected chi connectivity index (χ0v) is 10.8. The van der Waals surface area contributed by atoms with E-state index in [1.54, 1.807) is 12.1 Å². The van der Waals surface area contributed by atoms with Crippen molar-refractivity contribution < 1.29 is 14.6 Å². The van der Waals surface area contributed by atoms with Crippen LogP contribution in [0.15, 0.2) is 48.5 Å². The first-order chi connectivity index (χ1) is 9.22. The van der Waals surface area contributed by atoms with Crippen molar-refractivity contribution in [3.63, 3.8) is 0 Å². The fourth-order valence-corrected chi connectivity index (χ4v) is 2.00. The molecule has 0 saturated heterocycles. The summed E-state index contributed by atoms with van der Waals surface area (Å²) in [5, 5.41) is 9.79. The van der Waals surface area contributed by atoms with Crippen LogP contribution in [0.2, 0.25) is 0 Å². The number of carbonyl (C=O) groups is 1. The van der Waals surface area contributed by atoms with Crippen molar-refractivity contribution >= 4 is 5.78 Å². The molecule has 0 saturated carbocycles. The van der Waals surface area contributed by atoms with Crippen LogP contribution in [0.3, 0.4) is 0 Å². The highest BCUT2D eigenvalue weighted by Crippen LogP contribution is 2.28. The van der Waals surface area contributed by atoms with Crippen LogP contribution in [0.4, 0.5) is 0 Å². The number of carbonyl (C=O) groups excluding carboxylic acids is 1. The van der Waals surface area contributed by atoms with Crippen molar-refractivity contribution in [2.45, 2.75) is 12.8 Å². The molecule has 0 heterocycles. The minimum Gasteiger partial charge on any atom is -0.507 e. The smallest absolute Gasteiger partial charge is 0.170 e. The number of aryl methyl sites for hydroxylation is 1. The fraction of sp³-hybridized carbons (Fsp3) is 0.188. The van der Waals surface area contributed by atoms with Crippen molar-refractivity contribution in [3.05, 3.63) is 59.7 Å². The summed E-state index contributed by atoms with van der Waals surface area (Å²) in [4.78, 5) is 12.2. The van der Waals surface area contributed by atoms with Gasteiger partial charge in [0.2, 0.25) is 0 Å². The Kier molecular flexibility index (Phi) is 4.18. The van der Waals surface area contributed by atoms with Gasteiger partial charge in [0.15, 0.2) is 5.78 Å². The second-order valence-corrected chi connectivity index (χ2v) is 4.26. The maximum Gasteiger partial charge on any atom is 0.170 e. The number of benzene rings is 2. The van der Waals surface area contributed by atoms with E-state index in [9.17, 15) is 9.90 Å². The van der Waals surface area contributed by atoms with Crippen LogP contribution in [-0.2, 0) is 6.42 Å². The molecule has 2 aromatic rings. The number of phenols is 1.